The Kier molecular flexibility index (Phi) is 8.81. The average Bonchev–Trinajstić information content (AvgIpc) is 2.73. The van der Waals surface area contributed by atoms with Gasteiger partial charge >= 0.3 is 0 Å². The summed E-state index contributed by atoms with van der Waals surface area (Å²) in [5.74, 6) is 0.855. The number of hydrogen-bond acceptors (Lipinski definition) is 3. The highest BCUT2D eigenvalue weighted by Crippen LogP contribution is 2.21. The van der Waals surface area contributed by atoms with Crippen LogP contribution in [0.4, 0.5) is 5.69 Å². The molecule has 0 aliphatic carbocycles. The molecular formula is C23H32ClN3O. The molecule has 1 aliphatic heterocycles. The highest BCUT2D eigenvalue weighted by molar-refractivity contribution is 5.94. The van der Waals surface area contributed by atoms with E-state index < -0.39 is 0 Å². The van der Waals surface area contributed by atoms with Crippen LogP contribution in [-0.4, -0.2) is 44.0 Å². The van der Waals surface area contributed by atoms with E-state index in [2.05, 4.69) is 53.5 Å². The van der Waals surface area contributed by atoms with Gasteiger partial charge in [-0.05, 0) is 69.1 Å². The predicted molar refractivity (Wildman–Crippen MR) is 119 cm³/mol. The Labute approximate surface area is 175 Å². The van der Waals surface area contributed by atoms with Crippen molar-refractivity contribution in [2.24, 2.45) is 5.92 Å². The first-order chi connectivity index (χ1) is 13.2. The Bertz CT molecular complexity index is 712. The fourth-order valence-corrected chi connectivity index (χ4v) is 3.82. The molecule has 4 nitrogen and oxygen atoms in total. The monoisotopic (exact) mass is 401 g/mol. The molecule has 1 amide bonds. The molecule has 0 spiro atoms. The molecule has 0 atom stereocenters. The molecule has 28 heavy (non-hydrogen) atoms. The third-order valence-corrected chi connectivity index (χ3v) is 5.47. The second-order valence-electron chi connectivity index (χ2n) is 7.34. The maximum absolute atomic E-state index is 12.8. The zero-order valence-corrected chi connectivity index (χ0v) is 17.8. The van der Waals surface area contributed by atoms with E-state index in [4.69, 9.17) is 0 Å². The number of amides is 1. The number of likely N-dealkylation sites (tertiary alicyclic amines) is 1. The van der Waals surface area contributed by atoms with Crippen molar-refractivity contribution >= 4 is 24.0 Å². The van der Waals surface area contributed by atoms with Crippen molar-refractivity contribution in [3.63, 3.8) is 0 Å². The third-order valence-electron chi connectivity index (χ3n) is 5.47. The first-order valence-corrected chi connectivity index (χ1v) is 10.0. The van der Waals surface area contributed by atoms with Crippen molar-refractivity contribution in [3.05, 3.63) is 65.7 Å². The van der Waals surface area contributed by atoms with E-state index in [1.807, 2.05) is 30.1 Å². The number of hydrogen-bond donors (Lipinski definition) is 1. The molecule has 152 valence electrons. The summed E-state index contributed by atoms with van der Waals surface area (Å²) in [6, 6.07) is 18.6. The lowest BCUT2D eigenvalue weighted by atomic mass is 9.96. The number of carbonyl (C=O) groups excluding carboxylic acids is 1. The Hall–Kier alpha value is -2.04. The summed E-state index contributed by atoms with van der Waals surface area (Å²) in [5.41, 5.74) is 3.25. The molecular weight excluding hydrogens is 370 g/mol. The second-order valence-corrected chi connectivity index (χ2v) is 7.34. The van der Waals surface area contributed by atoms with Crippen molar-refractivity contribution < 1.29 is 4.79 Å². The first kappa shape index (κ1) is 22.3. The van der Waals surface area contributed by atoms with Gasteiger partial charge in [-0.25, -0.2) is 0 Å². The lowest BCUT2D eigenvalue weighted by Gasteiger charge is -2.32. The maximum atomic E-state index is 12.8. The Morgan fingerprint density at radius 2 is 1.71 bits per heavy atom. The summed E-state index contributed by atoms with van der Waals surface area (Å²) < 4.78 is 0. The normalized spacial score (nSPS) is 14.4. The predicted octanol–water partition coefficient (Wildman–Crippen LogP) is 4.21. The fourth-order valence-electron chi connectivity index (χ4n) is 3.82. The Morgan fingerprint density at radius 3 is 2.29 bits per heavy atom. The molecule has 1 saturated heterocycles. The highest BCUT2D eigenvalue weighted by Gasteiger charge is 2.23. The molecule has 0 saturated carbocycles. The second kappa shape index (κ2) is 11.1. The summed E-state index contributed by atoms with van der Waals surface area (Å²) in [4.78, 5) is 17.1. The van der Waals surface area contributed by atoms with Gasteiger partial charge in [0.25, 0.3) is 5.91 Å². The van der Waals surface area contributed by atoms with Gasteiger partial charge in [0.2, 0.25) is 0 Å². The topological polar surface area (TPSA) is 35.6 Å². The molecule has 0 unspecified atom stereocenters. The number of benzene rings is 2. The lowest BCUT2D eigenvalue weighted by molar-refractivity contribution is 0.0691. The minimum atomic E-state index is 0. The molecule has 3 rings (SSSR count). The fraction of sp³-hybridized carbons (Fsp3) is 0.435. The summed E-state index contributed by atoms with van der Waals surface area (Å²) in [5, 5.41) is 3.24. The maximum Gasteiger partial charge on any atom is 0.253 e. The van der Waals surface area contributed by atoms with Crippen molar-refractivity contribution in [1.82, 2.24) is 10.2 Å². The van der Waals surface area contributed by atoms with E-state index in [1.54, 1.807) is 0 Å². The van der Waals surface area contributed by atoms with Gasteiger partial charge < -0.3 is 15.1 Å². The standard InChI is InChI=1S/C23H31N3O.ClH/c1-3-25(18-20-7-5-4-6-8-20)22-11-9-21(10-12-22)23(27)26-15-13-19(14-16-26)17-24-2;/h4-12,19,24H,3,13-18H2,1-2H3;1H. The van der Waals surface area contributed by atoms with Gasteiger partial charge in [-0.2, -0.15) is 0 Å². The van der Waals surface area contributed by atoms with Crippen LogP contribution in [-0.2, 0) is 6.54 Å². The molecule has 5 heteroatoms. The van der Waals surface area contributed by atoms with Gasteiger partial charge in [0.05, 0.1) is 0 Å². The van der Waals surface area contributed by atoms with Crippen LogP contribution in [0.5, 0.6) is 0 Å². The molecule has 1 N–H and O–H groups in total. The van der Waals surface area contributed by atoms with Crippen LogP contribution in [0.1, 0.15) is 35.7 Å². The number of anilines is 1. The zero-order chi connectivity index (χ0) is 19.1. The van der Waals surface area contributed by atoms with Crippen molar-refractivity contribution in [3.8, 4) is 0 Å². The molecule has 2 aromatic rings. The molecule has 0 aromatic heterocycles. The van der Waals surface area contributed by atoms with Crippen LogP contribution in [0.3, 0.4) is 0 Å². The highest BCUT2D eigenvalue weighted by atomic mass is 35.5. The molecule has 0 radical (unpaired) electrons. The number of halogens is 1. The average molecular weight is 402 g/mol. The van der Waals surface area contributed by atoms with Crippen molar-refractivity contribution in [2.45, 2.75) is 26.3 Å². The van der Waals surface area contributed by atoms with E-state index in [0.717, 1.165) is 56.8 Å². The molecule has 2 aromatic carbocycles. The van der Waals surface area contributed by atoms with Crippen LogP contribution in [0.15, 0.2) is 54.6 Å². The van der Waals surface area contributed by atoms with Crippen molar-refractivity contribution in [2.75, 3.05) is 38.1 Å². The van der Waals surface area contributed by atoms with Gasteiger partial charge in [0.1, 0.15) is 0 Å². The molecule has 1 heterocycles. The third kappa shape index (κ3) is 5.73. The van der Waals surface area contributed by atoms with Gasteiger partial charge in [-0.15, -0.1) is 12.4 Å². The van der Waals surface area contributed by atoms with Crippen LogP contribution >= 0.6 is 12.4 Å². The Morgan fingerprint density at radius 1 is 1.07 bits per heavy atom. The lowest BCUT2D eigenvalue weighted by Crippen LogP contribution is -2.40. The SMILES string of the molecule is CCN(Cc1ccccc1)c1ccc(C(=O)N2CCC(CNC)CC2)cc1.Cl. The molecule has 1 aliphatic rings. The van der Waals surface area contributed by atoms with Gasteiger partial charge in [-0.1, -0.05) is 30.3 Å². The van der Waals surface area contributed by atoms with Gasteiger partial charge in [-0.3, -0.25) is 4.79 Å². The zero-order valence-electron chi connectivity index (χ0n) is 16.9. The van der Waals surface area contributed by atoms with Crippen LogP contribution in [0.2, 0.25) is 0 Å². The summed E-state index contributed by atoms with van der Waals surface area (Å²) in [6.07, 6.45) is 2.18. The largest absolute Gasteiger partial charge is 0.367 e. The van der Waals surface area contributed by atoms with Gasteiger partial charge in [0, 0.05) is 37.4 Å². The number of nitrogens with one attached hydrogen (secondary N) is 1. The van der Waals surface area contributed by atoms with E-state index in [-0.39, 0.29) is 18.3 Å². The van der Waals surface area contributed by atoms with Crippen LogP contribution < -0.4 is 10.2 Å². The van der Waals surface area contributed by atoms with E-state index in [0.29, 0.717) is 5.92 Å². The van der Waals surface area contributed by atoms with Gasteiger partial charge in [0.15, 0.2) is 0 Å². The first-order valence-electron chi connectivity index (χ1n) is 10.0. The number of piperidine rings is 1. The summed E-state index contributed by atoms with van der Waals surface area (Å²) in [6.45, 7) is 6.75. The minimum Gasteiger partial charge on any atom is -0.367 e. The van der Waals surface area contributed by atoms with E-state index in [9.17, 15) is 4.79 Å². The summed E-state index contributed by atoms with van der Waals surface area (Å²) >= 11 is 0. The Balaban J connectivity index is 0.00000280. The smallest absolute Gasteiger partial charge is 0.253 e. The molecule has 0 bridgehead atoms. The van der Waals surface area contributed by atoms with Crippen LogP contribution in [0.25, 0.3) is 0 Å². The quantitative estimate of drug-likeness (QED) is 0.754. The number of rotatable bonds is 7. The van der Waals surface area contributed by atoms with Crippen molar-refractivity contribution in [1.29, 1.82) is 0 Å². The minimum absolute atomic E-state index is 0. The van der Waals surface area contributed by atoms with E-state index >= 15 is 0 Å². The molecule has 1 fully saturated rings. The number of carbonyl (C=O) groups is 1. The van der Waals surface area contributed by atoms with E-state index in [1.165, 1.54) is 5.56 Å². The summed E-state index contributed by atoms with van der Waals surface area (Å²) in [7, 11) is 2.00. The number of nitrogens with zero attached hydrogens (tertiary/aromatic N) is 2. The van der Waals surface area contributed by atoms with Crippen LogP contribution in [0, 0.1) is 5.92 Å².